The summed E-state index contributed by atoms with van der Waals surface area (Å²) >= 11 is 0. The van der Waals surface area contributed by atoms with Crippen molar-refractivity contribution in [2.45, 2.75) is 101 Å². The molecule has 0 amide bonds. The van der Waals surface area contributed by atoms with Crippen molar-refractivity contribution in [3.63, 3.8) is 0 Å². The van der Waals surface area contributed by atoms with Gasteiger partial charge in [-0.1, -0.05) is 92.1 Å². The SMILES string of the molecule is Cc1cccc(C)c1-n1c(C)nnc1-c1[c-]cc(CCc2cc(CCc3c[c-]c(-c4nnc(C)n4-c4c(C)cccc4C)cc3)cc(CCc3c[c-]c(-c4nnc(C)n4-c4c(C)cccc4C)cc3)c2)cc1.[Ir+3]. The molecule has 3 aromatic heterocycles. The Bertz CT molecular complexity index is 3110. The Balaban J connectivity index is 0.00000656. The van der Waals surface area contributed by atoms with Gasteiger partial charge < -0.3 is 13.7 Å². The summed E-state index contributed by atoms with van der Waals surface area (Å²) in [5.41, 5.74) is 21.0. The van der Waals surface area contributed by atoms with E-state index in [0.29, 0.717) is 0 Å². The predicted octanol–water partition coefficient (Wildman–Crippen LogP) is 13.0. The van der Waals surface area contributed by atoms with Gasteiger partial charge in [-0.2, -0.15) is 15.3 Å². The molecule has 10 aromatic rings. The Morgan fingerprint density at radius 3 is 0.795 bits per heavy atom. The van der Waals surface area contributed by atoms with Crippen molar-refractivity contribution < 1.29 is 20.1 Å². The molecule has 0 atom stereocenters. The number of hydrogen-bond acceptors (Lipinski definition) is 6. The summed E-state index contributed by atoms with van der Waals surface area (Å²) in [5, 5.41) is 27.3. The van der Waals surface area contributed by atoms with E-state index in [9.17, 15) is 0 Å². The van der Waals surface area contributed by atoms with Crippen LogP contribution in [-0.2, 0) is 58.6 Å². The monoisotopic (exact) mass is 1140 g/mol. The van der Waals surface area contributed by atoms with Crippen molar-refractivity contribution in [1.82, 2.24) is 44.3 Å². The number of aryl methyl sites for hydroxylation is 15. The second-order valence-corrected chi connectivity index (χ2v) is 19.4. The molecule has 0 aliphatic rings. The van der Waals surface area contributed by atoms with Gasteiger partial charge in [0.25, 0.3) is 0 Å². The molecule has 0 N–H and O–H groups in total. The third-order valence-corrected chi connectivity index (χ3v) is 14.0. The Morgan fingerprint density at radius 2 is 0.562 bits per heavy atom. The van der Waals surface area contributed by atoms with Crippen molar-refractivity contribution in [1.29, 1.82) is 0 Å². The summed E-state index contributed by atoms with van der Waals surface area (Å²) in [6.07, 6.45) is 5.43. The first-order valence-electron chi connectivity index (χ1n) is 25.0. The third kappa shape index (κ3) is 10.6. The Labute approximate surface area is 443 Å². The van der Waals surface area contributed by atoms with Crippen molar-refractivity contribution in [2.75, 3.05) is 0 Å². The van der Waals surface area contributed by atoms with Crippen LogP contribution in [-0.4, -0.2) is 44.3 Å². The normalized spacial score (nSPS) is 11.3. The molecule has 73 heavy (non-hydrogen) atoms. The number of hydrogen-bond donors (Lipinski definition) is 0. The van der Waals surface area contributed by atoms with Gasteiger partial charge in [-0.15, -0.1) is 121 Å². The molecule has 0 fully saturated rings. The Hall–Kier alpha value is -7.39. The summed E-state index contributed by atoms with van der Waals surface area (Å²) in [7, 11) is 0. The number of para-hydroxylation sites is 3. The molecule has 0 saturated carbocycles. The molecule has 0 spiro atoms. The maximum atomic E-state index is 4.61. The molecule has 7 aromatic carbocycles. The van der Waals surface area contributed by atoms with E-state index < -0.39 is 0 Å². The zero-order valence-electron chi connectivity index (χ0n) is 43.2. The van der Waals surface area contributed by atoms with Gasteiger partial charge in [-0.3, -0.25) is 0 Å². The van der Waals surface area contributed by atoms with Gasteiger partial charge in [-0.05, 0) is 132 Å². The zero-order valence-corrected chi connectivity index (χ0v) is 45.6. The van der Waals surface area contributed by atoms with Gasteiger partial charge in [0.15, 0.2) is 0 Å². The fourth-order valence-electron chi connectivity index (χ4n) is 10.3. The predicted molar refractivity (Wildman–Crippen MR) is 288 cm³/mol. The van der Waals surface area contributed by atoms with Crippen LogP contribution < -0.4 is 0 Å². The summed E-state index contributed by atoms with van der Waals surface area (Å²) < 4.78 is 6.47. The number of rotatable bonds is 15. The van der Waals surface area contributed by atoms with Gasteiger partial charge >= 0.3 is 20.1 Å². The maximum Gasteiger partial charge on any atom is 3.00 e. The average Bonchev–Trinajstić information content (AvgIpc) is 4.08. The van der Waals surface area contributed by atoms with Crippen molar-refractivity contribution in [2.24, 2.45) is 0 Å². The molecule has 9 nitrogen and oxygen atoms in total. The fraction of sp³-hybridized carbons (Fsp3) is 0.238. The second kappa shape index (κ2) is 21.8. The first-order chi connectivity index (χ1) is 34.9. The standard InChI is InChI=1S/C63H60N9.Ir/c1-40-13-10-14-41(2)58(40)70-46(7)64-67-61(70)55-31-25-49(26-32-55)19-22-52-37-53(23-20-50-27-33-56(34-28-50)62-68-65-47(8)71(62)59-42(3)15-11-16-43(59)4)39-54(38-52)24-21-51-29-35-57(36-30-51)63-69-66-48(9)72(63)60-44(5)17-12-18-45(60)6;/h10-18,25-31,33,35,37-39H,19-24H2,1-9H3;/q-3;+3. The molecule has 0 unspecified atom stereocenters. The van der Waals surface area contributed by atoms with Crippen LogP contribution in [0.4, 0.5) is 0 Å². The number of benzene rings is 7. The largest absolute Gasteiger partial charge is 3.00 e. The summed E-state index contributed by atoms with van der Waals surface area (Å²) in [4.78, 5) is 0. The molecular formula is C63H60IrN9. The molecular weight excluding hydrogens is 1070 g/mol. The fourth-order valence-corrected chi connectivity index (χ4v) is 10.3. The van der Waals surface area contributed by atoms with Gasteiger partial charge in [-0.25, -0.2) is 0 Å². The van der Waals surface area contributed by atoms with E-state index >= 15 is 0 Å². The van der Waals surface area contributed by atoms with Crippen LogP contribution in [0.5, 0.6) is 0 Å². The molecule has 366 valence electrons. The van der Waals surface area contributed by atoms with E-state index in [0.717, 1.165) is 107 Å². The molecule has 10 rings (SSSR count). The molecule has 0 saturated heterocycles. The van der Waals surface area contributed by atoms with Crippen LogP contribution in [0.3, 0.4) is 0 Å². The van der Waals surface area contributed by atoms with Gasteiger partial charge in [0.1, 0.15) is 17.5 Å². The maximum absolute atomic E-state index is 4.61. The molecule has 3 heterocycles. The minimum absolute atomic E-state index is 0. The quantitative estimate of drug-likeness (QED) is 0.0950. The average molecular weight is 1140 g/mol. The van der Waals surface area contributed by atoms with Gasteiger partial charge in [0.05, 0.1) is 17.5 Å². The van der Waals surface area contributed by atoms with Crippen molar-refractivity contribution in [3.05, 3.63) is 230 Å². The van der Waals surface area contributed by atoms with E-state index in [1.807, 2.05) is 20.8 Å². The van der Waals surface area contributed by atoms with Crippen LogP contribution in [0.15, 0.2) is 127 Å². The molecule has 0 aliphatic heterocycles. The number of nitrogens with zero attached hydrogens (tertiary/aromatic N) is 9. The Morgan fingerprint density at radius 1 is 0.315 bits per heavy atom. The van der Waals surface area contributed by atoms with E-state index in [-0.39, 0.29) is 20.1 Å². The molecule has 0 bridgehead atoms. The van der Waals surface area contributed by atoms with Crippen LogP contribution in [0.2, 0.25) is 0 Å². The van der Waals surface area contributed by atoms with E-state index in [1.54, 1.807) is 0 Å². The second-order valence-electron chi connectivity index (χ2n) is 19.4. The minimum Gasteiger partial charge on any atom is -0.320 e. The third-order valence-electron chi connectivity index (χ3n) is 14.0. The van der Waals surface area contributed by atoms with E-state index in [1.165, 1.54) is 66.8 Å². The van der Waals surface area contributed by atoms with E-state index in [2.05, 4.69) is 231 Å². The first kappa shape index (κ1) is 50.5. The van der Waals surface area contributed by atoms with Crippen LogP contribution in [0.25, 0.3) is 51.2 Å². The molecule has 0 radical (unpaired) electrons. The molecule has 0 aliphatic carbocycles. The Kier molecular flexibility index (Phi) is 15.1. The van der Waals surface area contributed by atoms with Gasteiger partial charge in [0, 0.05) is 17.1 Å². The van der Waals surface area contributed by atoms with Crippen molar-refractivity contribution >= 4 is 0 Å². The van der Waals surface area contributed by atoms with Crippen molar-refractivity contribution in [3.8, 4) is 51.2 Å². The van der Waals surface area contributed by atoms with Gasteiger partial charge in [0.2, 0.25) is 0 Å². The number of aromatic nitrogens is 9. The van der Waals surface area contributed by atoms with Crippen LogP contribution in [0.1, 0.15) is 84.2 Å². The summed E-state index contributed by atoms with van der Waals surface area (Å²) in [5.74, 6) is 4.98. The summed E-state index contributed by atoms with van der Waals surface area (Å²) in [6, 6.07) is 56.5. The first-order valence-corrected chi connectivity index (χ1v) is 25.0. The summed E-state index contributed by atoms with van der Waals surface area (Å²) in [6.45, 7) is 18.9. The smallest absolute Gasteiger partial charge is 0.320 e. The topological polar surface area (TPSA) is 92.1 Å². The van der Waals surface area contributed by atoms with Crippen LogP contribution >= 0.6 is 0 Å². The minimum atomic E-state index is 0. The van der Waals surface area contributed by atoms with Crippen LogP contribution in [0, 0.1) is 80.5 Å². The van der Waals surface area contributed by atoms with E-state index in [4.69, 9.17) is 0 Å². The zero-order chi connectivity index (χ0) is 50.0. The molecule has 10 heteroatoms.